The minimum Gasteiger partial charge on any atom is -0.385 e. The maximum atomic E-state index is 5.19. The third-order valence-corrected chi connectivity index (χ3v) is 0.740. The summed E-state index contributed by atoms with van der Waals surface area (Å²) in [7, 11) is 0. The Kier molecular flexibility index (Phi) is 3.51. The lowest BCUT2D eigenvalue weighted by Crippen LogP contribution is -2.05. The number of oxime groups is 1. The Balaban J connectivity index is 3.64. The van der Waals surface area contributed by atoms with Crippen molar-refractivity contribution in [1.29, 1.82) is 0 Å². The lowest BCUT2D eigenvalue weighted by atomic mass is 10.5. The Labute approximate surface area is 55.2 Å². The molecule has 0 aliphatic heterocycles. The molecule has 0 heterocycles. The molecule has 9 heavy (non-hydrogen) atoms. The molecule has 0 atom stereocenters. The molecule has 52 valence electrons. The maximum Gasteiger partial charge on any atom is 0.136 e. The summed E-state index contributed by atoms with van der Waals surface area (Å²) >= 11 is 0. The molecule has 0 spiro atoms. The largest absolute Gasteiger partial charge is 0.385 e. The number of nitrogens with two attached hydrogens (primary N) is 1. The van der Waals surface area contributed by atoms with Crippen molar-refractivity contribution in [3.8, 4) is 0 Å². The second kappa shape index (κ2) is 3.95. The van der Waals surface area contributed by atoms with E-state index in [2.05, 4.69) is 5.16 Å². The SMILES string of the molecule is CC=C(C)O/N=C(/C)N. The molecule has 0 unspecified atom stereocenters. The van der Waals surface area contributed by atoms with Crippen LogP contribution in [0, 0.1) is 0 Å². The molecule has 0 saturated heterocycles. The van der Waals surface area contributed by atoms with Gasteiger partial charge in [0, 0.05) is 0 Å². The molecule has 0 aromatic carbocycles. The minimum absolute atomic E-state index is 0.427. The number of rotatable bonds is 2. The van der Waals surface area contributed by atoms with E-state index >= 15 is 0 Å². The summed E-state index contributed by atoms with van der Waals surface area (Å²) in [4.78, 5) is 4.78. The van der Waals surface area contributed by atoms with E-state index in [1.807, 2.05) is 19.9 Å². The number of nitrogens with zero attached hydrogens (tertiary/aromatic N) is 1. The second-order valence-electron chi connectivity index (χ2n) is 1.72. The Morgan fingerprint density at radius 1 is 1.56 bits per heavy atom. The normalized spacial score (nSPS) is 13.7. The average Bonchev–Trinajstić information content (AvgIpc) is 1.83. The predicted octanol–water partition coefficient (Wildman–Crippen LogP) is 1.22. The molecule has 0 aromatic rings. The quantitative estimate of drug-likeness (QED) is 0.263. The van der Waals surface area contributed by atoms with E-state index in [1.165, 1.54) is 0 Å². The van der Waals surface area contributed by atoms with Gasteiger partial charge < -0.3 is 10.6 Å². The van der Waals surface area contributed by atoms with Gasteiger partial charge in [-0.05, 0) is 26.8 Å². The Morgan fingerprint density at radius 2 is 2.11 bits per heavy atom. The van der Waals surface area contributed by atoms with Crippen LogP contribution in [0.1, 0.15) is 20.8 Å². The highest BCUT2D eigenvalue weighted by molar-refractivity contribution is 5.76. The predicted molar refractivity (Wildman–Crippen MR) is 37.8 cm³/mol. The summed E-state index contributed by atoms with van der Waals surface area (Å²) in [5.74, 6) is 1.18. The standard InChI is InChI=1S/C6H12N2O/c1-4-5(2)9-8-6(3)7/h4H,1-3H3,(H2,7,8). The summed E-state index contributed by atoms with van der Waals surface area (Å²) < 4.78 is 0. The third-order valence-electron chi connectivity index (χ3n) is 0.740. The molecule has 0 aliphatic rings. The molecule has 0 aromatic heterocycles. The highest BCUT2D eigenvalue weighted by Gasteiger charge is 1.82. The molecular weight excluding hydrogens is 116 g/mol. The average molecular weight is 128 g/mol. The van der Waals surface area contributed by atoms with Crippen LogP contribution in [0.2, 0.25) is 0 Å². The van der Waals surface area contributed by atoms with Crippen LogP contribution in [-0.4, -0.2) is 5.84 Å². The van der Waals surface area contributed by atoms with Gasteiger partial charge in [-0.3, -0.25) is 0 Å². The first-order valence-electron chi connectivity index (χ1n) is 2.77. The van der Waals surface area contributed by atoms with Gasteiger partial charge in [0.2, 0.25) is 0 Å². The van der Waals surface area contributed by atoms with Gasteiger partial charge in [0.1, 0.15) is 11.6 Å². The van der Waals surface area contributed by atoms with E-state index in [-0.39, 0.29) is 0 Å². The first kappa shape index (κ1) is 8.01. The van der Waals surface area contributed by atoms with Crippen molar-refractivity contribution >= 4 is 5.84 Å². The van der Waals surface area contributed by atoms with Crippen LogP contribution in [0.5, 0.6) is 0 Å². The van der Waals surface area contributed by atoms with Crippen molar-refractivity contribution in [2.45, 2.75) is 20.8 Å². The van der Waals surface area contributed by atoms with Crippen LogP contribution in [0.15, 0.2) is 17.0 Å². The molecule has 0 radical (unpaired) electrons. The van der Waals surface area contributed by atoms with Crippen LogP contribution in [-0.2, 0) is 4.84 Å². The molecule has 0 aliphatic carbocycles. The molecule has 0 fully saturated rings. The summed E-state index contributed by atoms with van der Waals surface area (Å²) in [5, 5.41) is 3.52. The third kappa shape index (κ3) is 4.87. The van der Waals surface area contributed by atoms with Gasteiger partial charge in [-0.15, -0.1) is 0 Å². The molecule has 3 nitrogen and oxygen atoms in total. The molecule has 0 amide bonds. The zero-order valence-corrected chi connectivity index (χ0v) is 6.01. The number of amidine groups is 1. The summed E-state index contributed by atoms with van der Waals surface area (Å²) in [6.07, 6.45) is 1.81. The van der Waals surface area contributed by atoms with E-state index in [0.717, 1.165) is 5.76 Å². The summed E-state index contributed by atoms with van der Waals surface area (Å²) in [5.41, 5.74) is 5.19. The van der Waals surface area contributed by atoms with E-state index in [9.17, 15) is 0 Å². The smallest absolute Gasteiger partial charge is 0.136 e. The van der Waals surface area contributed by atoms with Crippen LogP contribution >= 0.6 is 0 Å². The fourth-order valence-corrected chi connectivity index (χ4v) is 0.197. The van der Waals surface area contributed by atoms with Crippen LogP contribution in [0.4, 0.5) is 0 Å². The van der Waals surface area contributed by atoms with Crippen LogP contribution in [0.3, 0.4) is 0 Å². The zero-order chi connectivity index (χ0) is 7.28. The Morgan fingerprint density at radius 3 is 2.44 bits per heavy atom. The number of hydrogen-bond acceptors (Lipinski definition) is 2. The summed E-state index contributed by atoms with van der Waals surface area (Å²) in [6.45, 7) is 5.35. The summed E-state index contributed by atoms with van der Waals surface area (Å²) in [6, 6.07) is 0. The van der Waals surface area contributed by atoms with Gasteiger partial charge in [-0.25, -0.2) is 0 Å². The zero-order valence-electron chi connectivity index (χ0n) is 6.01. The highest BCUT2D eigenvalue weighted by atomic mass is 16.6. The highest BCUT2D eigenvalue weighted by Crippen LogP contribution is 1.93. The van der Waals surface area contributed by atoms with Crippen molar-refractivity contribution in [3.63, 3.8) is 0 Å². The van der Waals surface area contributed by atoms with Gasteiger partial charge in [-0.1, -0.05) is 5.16 Å². The Bertz CT molecular complexity index is 134. The van der Waals surface area contributed by atoms with Crippen molar-refractivity contribution in [1.82, 2.24) is 0 Å². The monoisotopic (exact) mass is 128 g/mol. The molecule has 2 N–H and O–H groups in total. The van der Waals surface area contributed by atoms with Crippen molar-refractivity contribution in [3.05, 3.63) is 11.8 Å². The fraction of sp³-hybridized carbons (Fsp3) is 0.500. The van der Waals surface area contributed by atoms with Crippen LogP contribution in [0.25, 0.3) is 0 Å². The lowest BCUT2D eigenvalue weighted by Gasteiger charge is -1.94. The van der Waals surface area contributed by atoms with Crippen molar-refractivity contribution in [2.75, 3.05) is 0 Å². The van der Waals surface area contributed by atoms with Gasteiger partial charge >= 0.3 is 0 Å². The van der Waals surface area contributed by atoms with Gasteiger partial charge in [-0.2, -0.15) is 0 Å². The van der Waals surface area contributed by atoms with Gasteiger partial charge in [0.15, 0.2) is 0 Å². The number of hydrogen-bond donors (Lipinski definition) is 1. The Hall–Kier alpha value is -0.990. The molecule has 3 heteroatoms. The lowest BCUT2D eigenvalue weighted by molar-refractivity contribution is 0.228. The van der Waals surface area contributed by atoms with E-state index in [1.54, 1.807) is 6.92 Å². The van der Waals surface area contributed by atoms with E-state index < -0.39 is 0 Å². The minimum atomic E-state index is 0.427. The van der Waals surface area contributed by atoms with E-state index in [4.69, 9.17) is 10.6 Å². The molecular formula is C6H12N2O. The van der Waals surface area contributed by atoms with Crippen molar-refractivity contribution in [2.24, 2.45) is 10.9 Å². The van der Waals surface area contributed by atoms with Crippen LogP contribution < -0.4 is 5.73 Å². The molecule has 0 saturated carbocycles. The maximum absolute atomic E-state index is 5.19. The van der Waals surface area contributed by atoms with Gasteiger partial charge in [0.25, 0.3) is 0 Å². The van der Waals surface area contributed by atoms with E-state index in [0.29, 0.717) is 5.84 Å². The molecule has 0 bridgehead atoms. The fourth-order valence-electron chi connectivity index (χ4n) is 0.197. The second-order valence-corrected chi connectivity index (χ2v) is 1.72. The first-order chi connectivity index (χ1) is 4.16. The number of allylic oxidation sites excluding steroid dienone is 2. The van der Waals surface area contributed by atoms with Crippen molar-refractivity contribution < 1.29 is 4.84 Å². The molecule has 0 rings (SSSR count). The topological polar surface area (TPSA) is 47.6 Å². The van der Waals surface area contributed by atoms with Gasteiger partial charge in [0.05, 0.1) is 0 Å². The first-order valence-corrected chi connectivity index (χ1v) is 2.77.